The molecule has 0 saturated carbocycles. The minimum absolute atomic E-state index is 0.138. The fourth-order valence-corrected chi connectivity index (χ4v) is 3.47. The molecule has 5 heteroatoms. The van der Waals surface area contributed by atoms with E-state index in [4.69, 9.17) is 4.74 Å². The van der Waals surface area contributed by atoms with Gasteiger partial charge in [0.05, 0.1) is 18.2 Å². The third kappa shape index (κ3) is 7.65. The molecule has 148 valence electrons. The minimum atomic E-state index is -1.21. The van der Waals surface area contributed by atoms with Gasteiger partial charge in [-0.3, -0.25) is 0 Å². The molecule has 0 aromatic heterocycles. The van der Waals surface area contributed by atoms with Gasteiger partial charge in [-0.25, -0.2) is 4.79 Å². The fourth-order valence-electron chi connectivity index (χ4n) is 3.47. The number of hydrogen-bond donors (Lipinski definition) is 3. The summed E-state index contributed by atoms with van der Waals surface area (Å²) in [5.41, 5.74) is -0.634. The van der Waals surface area contributed by atoms with Gasteiger partial charge in [0, 0.05) is 0 Å². The Morgan fingerprint density at radius 2 is 1.77 bits per heavy atom. The first-order chi connectivity index (χ1) is 11.9. The second-order valence-corrected chi connectivity index (χ2v) is 8.75. The second-order valence-electron chi connectivity index (χ2n) is 8.75. The third-order valence-corrected chi connectivity index (χ3v) is 4.31. The Labute approximate surface area is 157 Å². The summed E-state index contributed by atoms with van der Waals surface area (Å²) >= 11 is 0. The van der Waals surface area contributed by atoms with Crippen LogP contribution in [-0.2, 0) is 0 Å². The average molecular weight is 366 g/mol. The van der Waals surface area contributed by atoms with Crippen LogP contribution in [0.2, 0.25) is 0 Å². The number of hydrogen-bond acceptors (Lipinski definition) is 3. The summed E-state index contributed by atoms with van der Waals surface area (Å²) in [6.07, 6.45) is 1.56. The highest BCUT2D eigenvalue weighted by atomic mass is 16.5. The van der Waals surface area contributed by atoms with E-state index in [0.29, 0.717) is 18.9 Å². The van der Waals surface area contributed by atoms with E-state index in [9.17, 15) is 15.0 Å². The number of amides is 1. The monoisotopic (exact) mass is 365 g/mol. The van der Waals surface area contributed by atoms with Gasteiger partial charge < -0.3 is 20.3 Å². The van der Waals surface area contributed by atoms with E-state index in [1.807, 2.05) is 45.0 Å². The molecular weight excluding hydrogens is 330 g/mol. The van der Waals surface area contributed by atoms with Crippen molar-refractivity contribution < 1.29 is 19.7 Å². The molecule has 3 atom stereocenters. The van der Waals surface area contributed by atoms with Gasteiger partial charge in [0.2, 0.25) is 0 Å². The zero-order chi connectivity index (χ0) is 20.0. The van der Waals surface area contributed by atoms with E-state index in [2.05, 4.69) is 19.2 Å². The smallest absolute Gasteiger partial charge is 0.405 e. The standard InChI is InChI=1S/C21H35NO4/c1-7-8-15(2)13-26-17-11-9-16(10-12-17)18(22-19(23)24)21(6,25)14-20(3,4)5/h9-12,15,18,22,25H,7-8,13-14H2,1-6H3,(H,23,24)/t15?,18-,21?/m1/s1. The zero-order valence-electron chi connectivity index (χ0n) is 17.0. The van der Waals surface area contributed by atoms with Crippen molar-refractivity contribution in [1.29, 1.82) is 0 Å². The average Bonchev–Trinajstić information content (AvgIpc) is 2.49. The number of carbonyl (C=O) groups is 1. The number of carboxylic acid groups (broad SMARTS) is 1. The van der Waals surface area contributed by atoms with Crippen LogP contribution in [0, 0.1) is 11.3 Å². The van der Waals surface area contributed by atoms with Crippen molar-refractivity contribution in [2.45, 2.75) is 72.4 Å². The van der Waals surface area contributed by atoms with Crippen LogP contribution in [0.4, 0.5) is 4.79 Å². The maximum atomic E-state index is 11.3. The lowest BCUT2D eigenvalue weighted by Gasteiger charge is -2.37. The molecule has 5 nitrogen and oxygen atoms in total. The van der Waals surface area contributed by atoms with E-state index in [1.165, 1.54) is 0 Å². The molecule has 0 radical (unpaired) electrons. The summed E-state index contributed by atoms with van der Waals surface area (Å²) in [6, 6.07) is 6.58. The molecule has 1 aromatic rings. The Kier molecular flexibility index (Phi) is 7.94. The molecule has 0 saturated heterocycles. The van der Waals surface area contributed by atoms with E-state index in [1.54, 1.807) is 6.92 Å². The van der Waals surface area contributed by atoms with Crippen LogP contribution in [0.5, 0.6) is 5.75 Å². The lowest BCUT2D eigenvalue weighted by molar-refractivity contribution is -0.0152. The van der Waals surface area contributed by atoms with E-state index in [0.717, 1.165) is 24.2 Å². The molecule has 0 bridgehead atoms. The summed E-state index contributed by atoms with van der Waals surface area (Å²) in [4.78, 5) is 11.3. The molecule has 0 spiro atoms. The highest BCUT2D eigenvalue weighted by Crippen LogP contribution is 2.36. The topological polar surface area (TPSA) is 78.8 Å². The predicted octanol–water partition coefficient (Wildman–Crippen LogP) is 5.00. The Morgan fingerprint density at radius 1 is 1.19 bits per heavy atom. The molecule has 26 heavy (non-hydrogen) atoms. The van der Waals surface area contributed by atoms with Crippen LogP contribution in [0.15, 0.2) is 24.3 Å². The van der Waals surface area contributed by atoms with Crippen molar-refractivity contribution in [2.24, 2.45) is 11.3 Å². The number of nitrogens with one attached hydrogen (secondary N) is 1. The van der Waals surface area contributed by atoms with Gasteiger partial charge in [0.1, 0.15) is 5.75 Å². The molecule has 0 aliphatic heterocycles. The minimum Gasteiger partial charge on any atom is -0.493 e. The summed E-state index contributed by atoms with van der Waals surface area (Å²) in [7, 11) is 0. The summed E-state index contributed by atoms with van der Waals surface area (Å²) in [5, 5.41) is 22.6. The van der Waals surface area contributed by atoms with Crippen molar-refractivity contribution in [3.63, 3.8) is 0 Å². The highest BCUT2D eigenvalue weighted by Gasteiger charge is 2.37. The molecule has 1 amide bonds. The highest BCUT2D eigenvalue weighted by molar-refractivity contribution is 5.65. The van der Waals surface area contributed by atoms with Crippen molar-refractivity contribution in [3.8, 4) is 5.75 Å². The van der Waals surface area contributed by atoms with Crippen molar-refractivity contribution in [3.05, 3.63) is 29.8 Å². The van der Waals surface area contributed by atoms with Crippen molar-refractivity contribution in [2.75, 3.05) is 6.61 Å². The van der Waals surface area contributed by atoms with E-state index >= 15 is 0 Å². The molecule has 3 N–H and O–H groups in total. The fraction of sp³-hybridized carbons (Fsp3) is 0.667. The Bertz CT molecular complexity index is 560. The number of aliphatic hydroxyl groups is 1. The molecule has 0 aliphatic rings. The molecule has 0 heterocycles. The first kappa shape index (κ1) is 22.3. The SMILES string of the molecule is CCCC(C)COc1ccc([C@@H](NC(=O)O)C(C)(O)CC(C)(C)C)cc1. The van der Waals surface area contributed by atoms with Gasteiger partial charge in [0.15, 0.2) is 0 Å². The first-order valence-corrected chi connectivity index (χ1v) is 9.39. The van der Waals surface area contributed by atoms with Crippen LogP contribution >= 0.6 is 0 Å². The maximum absolute atomic E-state index is 11.3. The number of ether oxygens (including phenoxy) is 1. The van der Waals surface area contributed by atoms with Crippen LogP contribution in [0.25, 0.3) is 0 Å². The molecular formula is C21H35NO4. The lowest BCUT2D eigenvalue weighted by atomic mass is 9.77. The maximum Gasteiger partial charge on any atom is 0.405 e. The van der Waals surface area contributed by atoms with Crippen LogP contribution in [-0.4, -0.2) is 28.5 Å². The van der Waals surface area contributed by atoms with Crippen molar-refractivity contribution >= 4 is 6.09 Å². The van der Waals surface area contributed by atoms with Crippen LogP contribution in [0.1, 0.15) is 72.4 Å². The van der Waals surface area contributed by atoms with Crippen molar-refractivity contribution in [1.82, 2.24) is 5.32 Å². The van der Waals surface area contributed by atoms with Gasteiger partial charge >= 0.3 is 6.09 Å². The van der Waals surface area contributed by atoms with Gasteiger partial charge in [-0.15, -0.1) is 0 Å². The zero-order valence-corrected chi connectivity index (χ0v) is 17.0. The Balaban J connectivity index is 2.93. The molecule has 2 unspecified atom stereocenters. The Morgan fingerprint density at radius 3 is 2.23 bits per heavy atom. The summed E-state index contributed by atoms with van der Waals surface area (Å²) in [6.45, 7) is 12.7. The Hall–Kier alpha value is -1.75. The van der Waals surface area contributed by atoms with Gasteiger partial charge in [0.25, 0.3) is 0 Å². The van der Waals surface area contributed by atoms with Gasteiger partial charge in [-0.2, -0.15) is 0 Å². The molecule has 0 aliphatic carbocycles. The summed E-state index contributed by atoms with van der Waals surface area (Å²) in [5.74, 6) is 1.25. The molecule has 1 aromatic carbocycles. The second kappa shape index (κ2) is 9.26. The quantitative estimate of drug-likeness (QED) is 0.575. The van der Waals surface area contributed by atoms with Crippen LogP contribution in [0.3, 0.4) is 0 Å². The lowest BCUT2D eigenvalue weighted by Crippen LogP contribution is -2.45. The first-order valence-electron chi connectivity index (χ1n) is 9.39. The van der Waals surface area contributed by atoms with Crippen LogP contribution < -0.4 is 10.1 Å². The van der Waals surface area contributed by atoms with Gasteiger partial charge in [-0.05, 0) is 48.8 Å². The number of benzene rings is 1. The predicted molar refractivity (Wildman–Crippen MR) is 105 cm³/mol. The third-order valence-electron chi connectivity index (χ3n) is 4.31. The van der Waals surface area contributed by atoms with E-state index < -0.39 is 17.7 Å². The molecule has 1 rings (SSSR count). The van der Waals surface area contributed by atoms with Gasteiger partial charge in [-0.1, -0.05) is 53.2 Å². The van der Waals surface area contributed by atoms with E-state index in [-0.39, 0.29) is 5.41 Å². The number of rotatable bonds is 9. The summed E-state index contributed by atoms with van der Waals surface area (Å²) < 4.78 is 5.80. The largest absolute Gasteiger partial charge is 0.493 e. The normalized spacial score (nSPS) is 16.4. The molecule has 0 fully saturated rings.